The highest BCUT2D eigenvalue weighted by molar-refractivity contribution is 5.14. The molecule has 0 radical (unpaired) electrons. The van der Waals surface area contributed by atoms with Gasteiger partial charge in [0.2, 0.25) is 0 Å². The second-order valence-electron chi connectivity index (χ2n) is 5.06. The first-order chi connectivity index (χ1) is 9.83. The molecule has 0 fully saturated rings. The van der Waals surface area contributed by atoms with Crippen LogP contribution in [0.25, 0.3) is 0 Å². The summed E-state index contributed by atoms with van der Waals surface area (Å²) in [6, 6.07) is 11.1. The Morgan fingerprint density at radius 2 is 2.05 bits per heavy atom. The maximum absolute atomic E-state index is 4.35. The highest BCUT2D eigenvalue weighted by Crippen LogP contribution is 2.09. The summed E-state index contributed by atoms with van der Waals surface area (Å²) in [6.07, 6.45) is 6.08. The van der Waals surface area contributed by atoms with Crippen LogP contribution in [0.2, 0.25) is 0 Å². The van der Waals surface area contributed by atoms with E-state index in [9.17, 15) is 0 Å². The predicted molar refractivity (Wildman–Crippen MR) is 81.6 cm³/mol. The fourth-order valence-electron chi connectivity index (χ4n) is 2.48. The minimum Gasteiger partial charge on any atom is -0.317 e. The summed E-state index contributed by atoms with van der Waals surface area (Å²) in [7, 11) is 2.03. The molecule has 2 aromatic rings. The lowest BCUT2D eigenvalue weighted by Gasteiger charge is -2.15. The Balaban J connectivity index is 1.81. The molecule has 1 heterocycles. The molecule has 1 unspecified atom stereocenters. The van der Waals surface area contributed by atoms with Crippen LogP contribution in [-0.4, -0.2) is 27.9 Å². The van der Waals surface area contributed by atoms with Crippen molar-refractivity contribution in [1.29, 1.82) is 0 Å². The molecular weight excluding hydrogens is 248 g/mol. The van der Waals surface area contributed by atoms with Crippen LogP contribution in [0.5, 0.6) is 0 Å². The van der Waals surface area contributed by atoms with Crippen LogP contribution in [0.15, 0.2) is 36.7 Å². The van der Waals surface area contributed by atoms with E-state index in [-0.39, 0.29) is 0 Å². The van der Waals surface area contributed by atoms with Crippen molar-refractivity contribution in [3.8, 4) is 0 Å². The molecule has 20 heavy (non-hydrogen) atoms. The molecule has 2 rings (SSSR count). The molecule has 0 aliphatic rings. The molecule has 4 heteroatoms. The predicted octanol–water partition coefficient (Wildman–Crippen LogP) is 2.45. The maximum atomic E-state index is 4.35. The summed E-state index contributed by atoms with van der Waals surface area (Å²) in [5.74, 6) is 1.08. The van der Waals surface area contributed by atoms with E-state index in [1.54, 1.807) is 6.33 Å². The molecule has 0 saturated carbocycles. The average molecular weight is 272 g/mol. The zero-order valence-electron chi connectivity index (χ0n) is 12.4. The SMILES string of the molecule is CCn1ncnc1CC(CCCc1ccccc1)NC. The zero-order valence-corrected chi connectivity index (χ0v) is 12.4. The average Bonchev–Trinajstić information content (AvgIpc) is 2.94. The van der Waals surface area contributed by atoms with Gasteiger partial charge in [0.25, 0.3) is 0 Å². The van der Waals surface area contributed by atoms with Crippen LogP contribution in [0, 0.1) is 0 Å². The fraction of sp³-hybridized carbons (Fsp3) is 0.500. The van der Waals surface area contributed by atoms with Crippen LogP contribution < -0.4 is 5.32 Å². The summed E-state index contributed by atoms with van der Waals surface area (Å²) in [5.41, 5.74) is 1.42. The normalized spacial score (nSPS) is 12.5. The van der Waals surface area contributed by atoms with E-state index in [2.05, 4.69) is 52.7 Å². The molecule has 0 aliphatic carbocycles. The fourth-order valence-corrected chi connectivity index (χ4v) is 2.48. The number of likely N-dealkylation sites (N-methyl/N-ethyl adjacent to an activating group) is 1. The molecule has 1 atom stereocenters. The molecule has 0 aliphatic heterocycles. The number of hydrogen-bond acceptors (Lipinski definition) is 3. The number of aryl methyl sites for hydroxylation is 2. The molecule has 0 spiro atoms. The molecule has 0 saturated heterocycles. The van der Waals surface area contributed by atoms with Crippen molar-refractivity contribution in [2.24, 2.45) is 0 Å². The third kappa shape index (κ3) is 4.17. The quantitative estimate of drug-likeness (QED) is 0.802. The van der Waals surface area contributed by atoms with Crippen molar-refractivity contribution in [3.05, 3.63) is 48.0 Å². The lowest BCUT2D eigenvalue weighted by Crippen LogP contribution is -2.29. The van der Waals surface area contributed by atoms with E-state index in [1.807, 2.05) is 11.7 Å². The summed E-state index contributed by atoms with van der Waals surface area (Å²) in [5, 5.41) is 7.62. The van der Waals surface area contributed by atoms with E-state index in [4.69, 9.17) is 0 Å². The van der Waals surface area contributed by atoms with Crippen LogP contribution in [0.1, 0.15) is 31.2 Å². The smallest absolute Gasteiger partial charge is 0.138 e. The van der Waals surface area contributed by atoms with Crippen molar-refractivity contribution < 1.29 is 0 Å². The lowest BCUT2D eigenvalue weighted by molar-refractivity contribution is 0.475. The maximum Gasteiger partial charge on any atom is 0.138 e. The van der Waals surface area contributed by atoms with Gasteiger partial charge in [-0.05, 0) is 38.8 Å². The first kappa shape index (κ1) is 14.7. The van der Waals surface area contributed by atoms with Gasteiger partial charge in [0.1, 0.15) is 12.2 Å². The van der Waals surface area contributed by atoms with Gasteiger partial charge in [-0.2, -0.15) is 5.10 Å². The molecular formula is C16H24N4. The van der Waals surface area contributed by atoms with Gasteiger partial charge < -0.3 is 5.32 Å². The van der Waals surface area contributed by atoms with E-state index < -0.39 is 0 Å². The number of aromatic nitrogens is 3. The van der Waals surface area contributed by atoms with Crippen molar-refractivity contribution in [3.63, 3.8) is 0 Å². The Bertz CT molecular complexity index is 492. The standard InChI is InChI=1S/C16H24N4/c1-3-20-16(18-13-19-20)12-15(17-2)11-7-10-14-8-5-4-6-9-14/h4-6,8-9,13,15,17H,3,7,10-12H2,1-2H3. The van der Waals surface area contributed by atoms with Gasteiger partial charge in [-0.1, -0.05) is 30.3 Å². The third-order valence-corrected chi connectivity index (χ3v) is 3.69. The molecule has 0 bridgehead atoms. The number of rotatable bonds is 8. The number of benzene rings is 1. The van der Waals surface area contributed by atoms with Gasteiger partial charge in [0, 0.05) is 19.0 Å². The van der Waals surface area contributed by atoms with Gasteiger partial charge in [0.15, 0.2) is 0 Å². The van der Waals surface area contributed by atoms with Crippen LogP contribution in [0.3, 0.4) is 0 Å². The Labute approximate surface area is 121 Å². The van der Waals surface area contributed by atoms with Gasteiger partial charge in [0.05, 0.1) is 0 Å². The number of hydrogen-bond donors (Lipinski definition) is 1. The summed E-state index contributed by atoms with van der Waals surface area (Å²) in [4.78, 5) is 4.35. The zero-order chi connectivity index (χ0) is 14.2. The molecule has 0 amide bonds. The van der Waals surface area contributed by atoms with E-state index in [1.165, 1.54) is 12.0 Å². The van der Waals surface area contributed by atoms with Crippen LogP contribution in [0.4, 0.5) is 0 Å². The van der Waals surface area contributed by atoms with Gasteiger partial charge in [-0.25, -0.2) is 4.98 Å². The lowest BCUT2D eigenvalue weighted by atomic mass is 10.0. The van der Waals surface area contributed by atoms with Crippen molar-refractivity contribution >= 4 is 0 Å². The topological polar surface area (TPSA) is 42.7 Å². The van der Waals surface area contributed by atoms with Crippen molar-refractivity contribution in [2.45, 2.75) is 45.2 Å². The number of nitrogens with zero attached hydrogens (tertiary/aromatic N) is 3. The number of nitrogens with one attached hydrogen (secondary N) is 1. The van der Waals surface area contributed by atoms with Gasteiger partial charge >= 0.3 is 0 Å². The molecule has 1 aromatic heterocycles. The van der Waals surface area contributed by atoms with Crippen molar-refractivity contribution in [1.82, 2.24) is 20.1 Å². The monoisotopic (exact) mass is 272 g/mol. The summed E-state index contributed by atoms with van der Waals surface area (Å²) >= 11 is 0. The molecule has 4 nitrogen and oxygen atoms in total. The summed E-state index contributed by atoms with van der Waals surface area (Å²) in [6.45, 7) is 2.98. The van der Waals surface area contributed by atoms with E-state index >= 15 is 0 Å². The second kappa shape index (κ2) is 7.80. The third-order valence-electron chi connectivity index (χ3n) is 3.69. The largest absolute Gasteiger partial charge is 0.317 e. The molecule has 108 valence electrons. The molecule has 1 aromatic carbocycles. The van der Waals surface area contributed by atoms with Gasteiger partial charge in [-0.15, -0.1) is 0 Å². The Kier molecular flexibility index (Phi) is 5.74. The summed E-state index contributed by atoms with van der Waals surface area (Å²) < 4.78 is 1.97. The highest BCUT2D eigenvalue weighted by atomic mass is 15.3. The van der Waals surface area contributed by atoms with E-state index in [0.29, 0.717) is 6.04 Å². The van der Waals surface area contributed by atoms with E-state index in [0.717, 1.165) is 31.6 Å². The minimum atomic E-state index is 0.466. The van der Waals surface area contributed by atoms with Gasteiger partial charge in [-0.3, -0.25) is 4.68 Å². The van der Waals surface area contributed by atoms with Crippen LogP contribution >= 0.6 is 0 Å². The first-order valence-electron chi connectivity index (χ1n) is 7.41. The Hall–Kier alpha value is -1.68. The Morgan fingerprint density at radius 1 is 1.25 bits per heavy atom. The Morgan fingerprint density at radius 3 is 2.75 bits per heavy atom. The van der Waals surface area contributed by atoms with Crippen LogP contribution in [-0.2, 0) is 19.4 Å². The first-order valence-corrected chi connectivity index (χ1v) is 7.41. The van der Waals surface area contributed by atoms with Crippen molar-refractivity contribution in [2.75, 3.05) is 7.05 Å². The minimum absolute atomic E-state index is 0.466. The second-order valence-corrected chi connectivity index (χ2v) is 5.06. The highest BCUT2D eigenvalue weighted by Gasteiger charge is 2.11. The molecule has 1 N–H and O–H groups in total.